The number of fused-ring (bicyclic) bond motifs is 1. The molecule has 0 saturated carbocycles. The van der Waals surface area contributed by atoms with Gasteiger partial charge in [0.05, 0.1) is 32.1 Å². The molecular formula is C15H24ClNO6P2S. The molecule has 7 nitrogen and oxygen atoms in total. The van der Waals surface area contributed by atoms with Gasteiger partial charge in [-0.25, -0.2) is 4.57 Å². The molecule has 0 spiro atoms. The average Bonchev–Trinajstić information content (AvgIpc) is 2.95. The van der Waals surface area contributed by atoms with Crippen molar-refractivity contribution in [1.82, 2.24) is 0 Å². The topological polar surface area (TPSA) is 74.3 Å². The minimum absolute atomic E-state index is 0.161. The molecule has 1 unspecified atom stereocenters. The first-order valence-corrected chi connectivity index (χ1v) is 12.8. The van der Waals surface area contributed by atoms with Gasteiger partial charge in [0.15, 0.2) is 5.11 Å². The molecule has 26 heavy (non-hydrogen) atoms. The van der Waals surface area contributed by atoms with E-state index in [4.69, 9.17) is 29.7 Å². The van der Waals surface area contributed by atoms with E-state index >= 15 is 0 Å². The summed E-state index contributed by atoms with van der Waals surface area (Å²) in [7, 11) is -7.45. The van der Waals surface area contributed by atoms with Crippen LogP contribution in [0.3, 0.4) is 0 Å². The quantitative estimate of drug-likeness (QED) is 0.409. The van der Waals surface area contributed by atoms with E-state index in [-0.39, 0.29) is 26.4 Å². The van der Waals surface area contributed by atoms with Crippen LogP contribution in [0, 0.1) is 0 Å². The number of halogens is 1. The van der Waals surface area contributed by atoms with E-state index in [9.17, 15) is 9.13 Å². The van der Waals surface area contributed by atoms with Gasteiger partial charge in [0.1, 0.15) is 0 Å². The third-order valence-corrected chi connectivity index (χ3v) is 10.2. The largest absolute Gasteiger partial charge is 0.436 e. The van der Waals surface area contributed by atoms with Gasteiger partial charge in [0.2, 0.25) is 0 Å². The molecule has 1 aliphatic rings. The van der Waals surface area contributed by atoms with E-state index in [2.05, 4.69) is 0 Å². The third-order valence-electron chi connectivity index (χ3n) is 3.35. The van der Waals surface area contributed by atoms with Gasteiger partial charge in [-0.1, -0.05) is 23.4 Å². The Hall–Kier alpha value is -0.0400. The molecule has 0 aliphatic carbocycles. The Kier molecular flexibility index (Phi) is 8.08. The maximum Gasteiger partial charge on any atom is 0.436 e. The van der Waals surface area contributed by atoms with Gasteiger partial charge < -0.3 is 9.05 Å². The van der Waals surface area contributed by atoms with Crippen molar-refractivity contribution in [3.63, 3.8) is 0 Å². The number of benzene rings is 1. The Balaban J connectivity index is 2.60. The average molecular weight is 444 g/mol. The van der Waals surface area contributed by atoms with Crippen molar-refractivity contribution in [2.45, 2.75) is 37.7 Å². The number of hydrogen-bond acceptors (Lipinski definition) is 7. The van der Waals surface area contributed by atoms with Crippen LogP contribution in [0.2, 0.25) is 5.02 Å². The number of hydrogen-bond donors (Lipinski definition) is 0. The summed E-state index contributed by atoms with van der Waals surface area (Å²) >= 11 is 7.38. The van der Waals surface area contributed by atoms with Gasteiger partial charge in [-0.2, -0.15) is 0 Å². The third kappa shape index (κ3) is 4.50. The first kappa shape index (κ1) is 22.3. The molecule has 1 aromatic carbocycles. The van der Waals surface area contributed by atoms with Crippen LogP contribution >= 0.6 is 38.7 Å². The van der Waals surface area contributed by atoms with Crippen LogP contribution in [0.4, 0.5) is 5.69 Å². The van der Waals surface area contributed by atoms with Crippen molar-refractivity contribution < 1.29 is 27.2 Å². The summed E-state index contributed by atoms with van der Waals surface area (Å²) in [6.45, 7) is 7.58. The fourth-order valence-corrected chi connectivity index (χ4v) is 9.17. The smallest absolute Gasteiger partial charge is 0.307 e. The highest BCUT2D eigenvalue weighted by Gasteiger charge is 2.53. The molecule has 0 bridgehead atoms. The van der Waals surface area contributed by atoms with E-state index in [0.29, 0.717) is 10.7 Å². The maximum absolute atomic E-state index is 13.5. The highest BCUT2D eigenvalue weighted by molar-refractivity contribution is 8.06. The predicted molar refractivity (Wildman–Crippen MR) is 105 cm³/mol. The highest BCUT2D eigenvalue weighted by atomic mass is 35.5. The standard InChI is InChI=1S/C15H24ClNO6P2S/c1-5-20-24(18,21-6-2)15-17(25(19,22-7-3)23-8-4)13-11-12(16)9-10-14(13)26-15/h9-11,15H,5-8H2,1-4H3. The van der Waals surface area contributed by atoms with Crippen molar-refractivity contribution in [1.29, 1.82) is 0 Å². The lowest BCUT2D eigenvalue weighted by Gasteiger charge is -2.35. The van der Waals surface area contributed by atoms with Crippen LogP contribution in [0.25, 0.3) is 0 Å². The van der Waals surface area contributed by atoms with Crippen molar-refractivity contribution in [3.05, 3.63) is 23.2 Å². The first-order chi connectivity index (χ1) is 12.3. The maximum atomic E-state index is 13.5. The van der Waals surface area contributed by atoms with Crippen molar-refractivity contribution in [2.24, 2.45) is 0 Å². The van der Waals surface area contributed by atoms with Gasteiger partial charge in [-0.15, -0.1) is 0 Å². The molecule has 2 rings (SSSR count). The van der Waals surface area contributed by atoms with Crippen LogP contribution in [-0.2, 0) is 27.2 Å². The van der Waals surface area contributed by atoms with Crippen LogP contribution in [0.15, 0.2) is 23.1 Å². The minimum Gasteiger partial charge on any atom is -0.307 e. The van der Waals surface area contributed by atoms with E-state index < -0.39 is 20.5 Å². The van der Waals surface area contributed by atoms with Crippen LogP contribution < -0.4 is 4.67 Å². The summed E-state index contributed by atoms with van der Waals surface area (Å²) in [5, 5.41) is -0.447. The molecule has 0 radical (unpaired) electrons. The monoisotopic (exact) mass is 443 g/mol. The van der Waals surface area contributed by atoms with Gasteiger partial charge in [0, 0.05) is 9.92 Å². The zero-order chi connectivity index (χ0) is 19.4. The first-order valence-electron chi connectivity index (χ1n) is 8.39. The van der Waals surface area contributed by atoms with E-state index in [1.54, 1.807) is 45.9 Å². The Morgan fingerprint density at radius 3 is 2.04 bits per heavy atom. The molecule has 0 N–H and O–H groups in total. The van der Waals surface area contributed by atoms with Gasteiger partial charge >= 0.3 is 15.3 Å². The Labute approximate surface area is 163 Å². The van der Waals surface area contributed by atoms with Crippen LogP contribution in [0.5, 0.6) is 0 Å². The summed E-state index contributed by atoms with van der Waals surface area (Å²) < 4.78 is 50.4. The lowest BCUT2D eigenvalue weighted by Crippen LogP contribution is -2.30. The SMILES string of the molecule is CCOP(=O)(OCC)C1Sc2ccc(Cl)cc2N1P(=O)(OCC)OCC. The lowest BCUT2D eigenvalue weighted by atomic mass is 10.3. The second-order valence-corrected chi connectivity index (χ2v) is 11.0. The second-order valence-electron chi connectivity index (χ2n) is 5.08. The number of thioether (sulfide) groups is 1. The van der Waals surface area contributed by atoms with Crippen LogP contribution in [-0.4, -0.2) is 31.5 Å². The molecule has 0 amide bonds. The molecule has 1 atom stereocenters. The fraction of sp³-hybridized carbons (Fsp3) is 0.600. The number of nitrogens with zero attached hydrogens (tertiary/aromatic N) is 1. The number of rotatable bonds is 10. The summed E-state index contributed by atoms with van der Waals surface area (Å²) in [5.41, 5.74) is 0.525. The predicted octanol–water partition coefficient (Wildman–Crippen LogP) is 5.98. The zero-order valence-corrected chi connectivity index (χ0v) is 18.6. The van der Waals surface area contributed by atoms with E-state index in [1.165, 1.54) is 16.4 Å². The van der Waals surface area contributed by atoms with E-state index in [1.807, 2.05) is 0 Å². The second kappa shape index (κ2) is 9.44. The van der Waals surface area contributed by atoms with Gasteiger partial charge in [-0.3, -0.25) is 18.3 Å². The summed E-state index contributed by atoms with van der Waals surface area (Å²) in [6.07, 6.45) is 0. The van der Waals surface area contributed by atoms with Gasteiger partial charge in [-0.05, 0) is 45.9 Å². The summed E-state index contributed by atoms with van der Waals surface area (Å²) in [5.74, 6) is 0. The molecule has 1 aromatic rings. The molecule has 0 fully saturated rings. The molecule has 148 valence electrons. The van der Waals surface area contributed by atoms with Crippen molar-refractivity contribution in [3.8, 4) is 0 Å². The van der Waals surface area contributed by atoms with Crippen molar-refractivity contribution in [2.75, 3.05) is 31.1 Å². The zero-order valence-electron chi connectivity index (χ0n) is 15.2. The Morgan fingerprint density at radius 1 is 1.00 bits per heavy atom. The molecule has 11 heteroatoms. The van der Waals surface area contributed by atoms with Gasteiger partial charge in [0.25, 0.3) is 0 Å². The lowest BCUT2D eigenvalue weighted by molar-refractivity contribution is 0.207. The molecule has 0 saturated heterocycles. The Bertz CT molecular complexity index is 701. The fourth-order valence-electron chi connectivity index (χ4n) is 2.52. The molecule has 1 aliphatic heterocycles. The summed E-state index contributed by atoms with van der Waals surface area (Å²) in [4.78, 5) is 0.749. The van der Waals surface area contributed by atoms with Crippen LogP contribution in [0.1, 0.15) is 27.7 Å². The Morgan fingerprint density at radius 2 is 1.54 bits per heavy atom. The minimum atomic E-state index is -3.80. The highest BCUT2D eigenvalue weighted by Crippen LogP contribution is 2.72. The van der Waals surface area contributed by atoms with E-state index in [0.717, 1.165) is 4.90 Å². The molecule has 0 aromatic heterocycles. The molecular weight excluding hydrogens is 420 g/mol. The molecule has 1 heterocycles. The summed E-state index contributed by atoms with van der Waals surface area (Å²) in [6, 6.07) is 5.14. The number of anilines is 1. The normalized spacial score (nSPS) is 17.6. The van der Waals surface area contributed by atoms with Crippen molar-refractivity contribution >= 4 is 44.4 Å².